The fraction of sp³-hybridized carbons (Fsp3) is 0.286. The minimum Gasteiger partial charge on any atom is -0.496 e. The largest absolute Gasteiger partial charge is 0.496 e. The van der Waals surface area contributed by atoms with Gasteiger partial charge in [0, 0.05) is 5.92 Å². The van der Waals surface area contributed by atoms with Crippen molar-refractivity contribution >= 4 is 17.9 Å². The Hall–Kier alpha value is -1.81. The summed E-state index contributed by atoms with van der Waals surface area (Å²) in [5, 5.41) is 4.50. The third-order valence-electron chi connectivity index (χ3n) is 3.25. The van der Waals surface area contributed by atoms with Gasteiger partial charge in [-0.05, 0) is 25.0 Å². The second-order valence-corrected chi connectivity index (χ2v) is 4.93. The van der Waals surface area contributed by atoms with Crippen LogP contribution < -0.4 is 4.74 Å². The van der Waals surface area contributed by atoms with E-state index in [4.69, 9.17) is 20.9 Å². The molecule has 1 heterocycles. The third-order valence-corrected chi connectivity index (χ3v) is 3.57. The first-order chi connectivity index (χ1) is 9.26. The molecule has 1 aliphatic carbocycles. The Labute approximate surface area is 115 Å². The third kappa shape index (κ3) is 2.02. The summed E-state index contributed by atoms with van der Waals surface area (Å²) in [6, 6.07) is 5.30. The maximum Gasteiger partial charge on any atom is 0.155 e. The quantitative estimate of drug-likeness (QED) is 0.800. The van der Waals surface area contributed by atoms with Crippen LogP contribution in [0.2, 0.25) is 5.02 Å². The van der Waals surface area contributed by atoms with Crippen LogP contribution in [0.1, 0.15) is 34.9 Å². The highest BCUT2D eigenvalue weighted by Gasteiger charge is 2.33. The lowest BCUT2D eigenvalue weighted by atomic mass is 10.0. The molecule has 0 spiro atoms. The number of rotatable bonds is 4. The van der Waals surface area contributed by atoms with E-state index in [2.05, 4.69) is 5.16 Å². The van der Waals surface area contributed by atoms with E-state index in [0.29, 0.717) is 39.3 Å². The number of hydrogen-bond acceptors (Lipinski definition) is 4. The highest BCUT2D eigenvalue weighted by molar-refractivity contribution is 6.33. The van der Waals surface area contributed by atoms with Crippen molar-refractivity contribution in [3.8, 4) is 17.0 Å². The van der Waals surface area contributed by atoms with Crippen LogP contribution in [0.25, 0.3) is 11.3 Å². The Morgan fingerprint density at radius 3 is 2.89 bits per heavy atom. The molecular weight excluding hydrogens is 266 g/mol. The molecule has 1 fully saturated rings. The summed E-state index contributed by atoms with van der Waals surface area (Å²) in [4.78, 5) is 11.3. The summed E-state index contributed by atoms with van der Waals surface area (Å²) in [7, 11) is 1.55. The van der Waals surface area contributed by atoms with E-state index in [1.165, 1.54) is 0 Å². The van der Waals surface area contributed by atoms with E-state index >= 15 is 0 Å². The van der Waals surface area contributed by atoms with Gasteiger partial charge in [0.05, 0.1) is 23.3 Å². The van der Waals surface area contributed by atoms with Crippen LogP contribution in [0.4, 0.5) is 0 Å². The number of hydrogen-bond donors (Lipinski definition) is 0. The van der Waals surface area contributed by atoms with Crippen molar-refractivity contribution in [2.24, 2.45) is 0 Å². The van der Waals surface area contributed by atoms with Crippen molar-refractivity contribution in [2.45, 2.75) is 18.8 Å². The SMILES string of the molecule is COc1cccc(Cl)c1-c1noc(C2CC2)c1C=O. The number of halogens is 1. The van der Waals surface area contributed by atoms with Gasteiger partial charge in [-0.25, -0.2) is 0 Å². The molecule has 5 heteroatoms. The highest BCUT2D eigenvalue weighted by atomic mass is 35.5. The van der Waals surface area contributed by atoms with Crippen LogP contribution in [0.3, 0.4) is 0 Å². The van der Waals surface area contributed by atoms with Crippen LogP contribution in [0.5, 0.6) is 5.75 Å². The van der Waals surface area contributed by atoms with Crippen LogP contribution in [0, 0.1) is 0 Å². The van der Waals surface area contributed by atoms with Gasteiger partial charge in [0.25, 0.3) is 0 Å². The zero-order valence-corrected chi connectivity index (χ0v) is 11.1. The maximum atomic E-state index is 11.3. The smallest absolute Gasteiger partial charge is 0.155 e. The molecule has 1 aromatic carbocycles. The molecule has 0 aliphatic heterocycles. The van der Waals surface area contributed by atoms with Crippen LogP contribution in [-0.4, -0.2) is 18.6 Å². The van der Waals surface area contributed by atoms with E-state index in [1.807, 2.05) is 0 Å². The summed E-state index contributed by atoms with van der Waals surface area (Å²) in [5.74, 6) is 1.55. The monoisotopic (exact) mass is 277 g/mol. The predicted molar refractivity (Wildman–Crippen MR) is 70.9 cm³/mol. The van der Waals surface area contributed by atoms with Crippen molar-refractivity contribution in [1.29, 1.82) is 0 Å². The Kier molecular flexibility index (Phi) is 3.03. The van der Waals surface area contributed by atoms with E-state index in [0.717, 1.165) is 19.1 Å². The predicted octanol–water partition coefficient (Wildman–Crippen LogP) is 3.69. The molecule has 19 heavy (non-hydrogen) atoms. The highest BCUT2D eigenvalue weighted by Crippen LogP contribution is 2.45. The lowest BCUT2D eigenvalue weighted by molar-refractivity contribution is 0.112. The molecule has 3 rings (SSSR count). The zero-order valence-electron chi connectivity index (χ0n) is 10.4. The Morgan fingerprint density at radius 1 is 1.47 bits per heavy atom. The van der Waals surface area contributed by atoms with Gasteiger partial charge in [0.1, 0.15) is 11.4 Å². The second-order valence-electron chi connectivity index (χ2n) is 4.52. The summed E-state index contributed by atoms with van der Waals surface area (Å²) >= 11 is 6.20. The Bertz CT molecular complexity index is 632. The average Bonchev–Trinajstić information content (AvgIpc) is 3.18. The molecular formula is C14H12ClNO3. The lowest BCUT2D eigenvalue weighted by Crippen LogP contribution is -1.93. The fourth-order valence-electron chi connectivity index (χ4n) is 2.15. The molecule has 0 radical (unpaired) electrons. The van der Waals surface area contributed by atoms with Gasteiger partial charge < -0.3 is 9.26 Å². The summed E-state index contributed by atoms with van der Waals surface area (Å²) in [6.45, 7) is 0. The molecule has 4 nitrogen and oxygen atoms in total. The van der Waals surface area contributed by atoms with Gasteiger partial charge in [-0.1, -0.05) is 22.8 Å². The number of benzene rings is 1. The van der Waals surface area contributed by atoms with Crippen molar-refractivity contribution in [1.82, 2.24) is 5.16 Å². The number of nitrogens with zero attached hydrogens (tertiary/aromatic N) is 1. The van der Waals surface area contributed by atoms with Crippen LogP contribution in [0.15, 0.2) is 22.7 Å². The summed E-state index contributed by atoms with van der Waals surface area (Å²) in [6.07, 6.45) is 2.85. The summed E-state index contributed by atoms with van der Waals surface area (Å²) in [5.41, 5.74) is 1.54. The van der Waals surface area contributed by atoms with Gasteiger partial charge in [-0.2, -0.15) is 0 Å². The molecule has 0 saturated heterocycles. The second kappa shape index (κ2) is 4.70. The number of methoxy groups -OCH3 is 1. The molecule has 0 amide bonds. The van der Waals surface area contributed by atoms with Crippen molar-refractivity contribution in [3.05, 3.63) is 34.5 Å². The van der Waals surface area contributed by atoms with E-state index in [-0.39, 0.29) is 0 Å². The van der Waals surface area contributed by atoms with Crippen molar-refractivity contribution in [2.75, 3.05) is 7.11 Å². The molecule has 1 aromatic heterocycles. The number of carbonyl (C=O) groups is 1. The molecule has 0 bridgehead atoms. The Balaban J connectivity index is 2.19. The first-order valence-corrected chi connectivity index (χ1v) is 6.41. The van der Waals surface area contributed by atoms with Gasteiger partial charge in [-0.15, -0.1) is 0 Å². The summed E-state index contributed by atoms with van der Waals surface area (Å²) < 4.78 is 10.6. The van der Waals surface area contributed by atoms with Gasteiger partial charge in [0.15, 0.2) is 12.0 Å². The minimum atomic E-state index is 0.315. The van der Waals surface area contributed by atoms with Gasteiger partial charge >= 0.3 is 0 Å². The molecule has 0 unspecified atom stereocenters. The first kappa shape index (κ1) is 12.2. The number of carbonyl (C=O) groups excluding carboxylic acids is 1. The Morgan fingerprint density at radius 2 is 2.26 bits per heavy atom. The van der Waals surface area contributed by atoms with Crippen LogP contribution >= 0.6 is 11.6 Å². The fourth-order valence-corrected chi connectivity index (χ4v) is 2.40. The van der Waals surface area contributed by atoms with E-state index < -0.39 is 0 Å². The average molecular weight is 278 g/mol. The van der Waals surface area contributed by atoms with Gasteiger partial charge in [0.2, 0.25) is 0 Å². The topological polar surface area (TPSA) is 52.3 Å². The molecule has 1 saturated carbocycles. The zero-order chi connectivity index (χ0) is 13.4. The van der Waals surface area contributed by atoms with E-state index in [9.17, 15) is 4.79 Å². The molecule has 98 valence electrons. The molecule has 2 aromatic rings. The molecule has 0 atom stereocenters. The normalized spacial score (nSPS) is 14.4. The van der Waals surface area contributed by atoms with Crippen molar-refractivity contribution < 1.29 is 14.1 Å². The number of aromatic nitrogens is 1. The lowest BCUT2D eigenvalue weighted by Gasteiger charge is -2.07. The van der Waals surface area contributed by atoms with Crippen LogP contribution in [-0.2, 0) is 0 Å². The maximum absolute atomic E-state index is 11.3. The van der Waals surface area contributed by atoms with E-state index in [1.54, 1.807) is 25.3 Å². The number of aldehydes is 1. The van der Waals surface area contributed by atoms with Crippen molar-refractivity contribution in [3.63, 3.8) is 0 Å². The van der Waals surface area contributed by atoms with Gasteiger partial charge in [-0.3, -0.25) is 4.79 Å². The number of ether oxygens (including phenoxy) is 1. The minimum absolute atomic E-state index is 0.315. The molecule has 1 aliphatic rings. The molecule has 0 N–H and O–H groups in total. The first-order valence-electron chi connectivity index (χ1n) is 6.04. The standard InChI is InChI=1S/C14H12ClNO3/c1-18-11-4-2-3-10(15)12(11)13-9(7-17)14(19-16-13)8-5-6-8/h2-4,7-8H,5-6H2,1H3.